The Balaban J connectivity index is 1.35. The van der Waals surface area contributed by atoms with E-state index >= 15 is 0 Å². The van der Waals surface area contributed by atoms with Crippen LogP contribution in [0.2, 0.25) is 5.02 Å². The van der Waals surface area contributed by atoms with E-state index in [1.54, 1.807) is 35.1 Å². The lowest BCUT2D eigenvalue weighted by Gasteiger charge is -2.08. The molecule has 0 spiro atoms. The Morgan fingerprint density at radius 2 is 2.03 bits per heavy atom. The molecule has 2 aromatic heterocycles. The first-order valence-electron chi connectivity index (χ1n) is 8.44. The van der Waals surface area contributed by atoms with Crippen LogP contribution in [0.1, 0.15) is 16.5 Å². The predicted molar refractivity (Wildman–Crippen MR) is 111 cm³/mol. The summed E-state index contributed by atoms with van der Waals surface area (Å²) in [7, 11) is 0. The quantitative estimate of drug-likeness (QED) is 0.317. The molecular weight excluding hydrogens is 515 g/mol. The van der Waals surface area contributed by atoms with Crippen LogP contribution in [-0.2, 0) is 11.3 Å². The minimum absolute atomic E-state index is 0.157. The molecule has 0 aliphatic carbocycles. The van der Waals surface area contributed by atoms with E-state index < -0.39 is 5.91 Å². The smallest absolute Gasteiger partial charge is 0.316 e. The zero-order valence-electron chi connectivity index (χ0n) is 15.0. The van der Waals surface area contributed by atoms with Gasteiger partial charge in [-0.15, -0.1) is 0 Å². The average Bonchev–Trinajstić information content (AvgIpc) is 3.33. The molecule has 2 N–H and O–H groups in total. The van der Waals surface area contributed by atoms with Crippen molar-refractivity contribution in [2.24, 2.45) is 0 Å². The molecule has 12 heteroatoms. The maximum atomic E-state index is 12.0. The van der Waals surface area contributed by atoms with Crippen molar-refractivity contribution in [3.05, 3.63) is 57.0 Å². The fourth-order valence-corrected chi connectivity index (χ4v) is 2.83. The van der Waals surface area contributed by atoms with Crippen molar-refractivity contribution < 1.29 is 18.8 Å². The van der Waals surface area contributed by atoms with Gasteiger partial charge in [0, 0.05) is 19.3 Å². The van der Waals surface area contributed by atoms with Crippen molar-refractivity contribution in [2.45, 2.75) is 6.54 Å². The number of ether oxygens (including phenoxy) is 1. The van der Waals surface area contributed by atoms with E-state index in [0.717, 1.165) is 3.57 Å². The van der Waals surface area contributed by atoms with Crippen molar-refractivity contribution in [3.63, 3.8) is 0 Å². The lowest BCUT2D eigenvalue weighted by molar-refractivity contribution is -0.123. The molecule has 0 fully saturated rings. The lowest BCUT2D eigenvalue weighted by Crippen LogP contribution is -2.36. The van der Waals surface area contributed by atoms with Crippen molar-refractivity contribution in [3.8, 4) is 5.75 Å². The first-order valence-corrected chi connectivity index (χ1v) is 9.89. The minimum Gasteiger partial charge on any atom is -0.482 e. The Bertz CT molecular complexity index is 992. The molecule has 0 bridgehead atoms. The number of nitrogens with zero attached hydrogens (tertiary/aromatic N) is 4. The Hall–Kier alpha value is -2.67. The van der Waals surface area contributed by atoms with E-state index in [-0.39, 0.29) is 31.5 Å². The van der Waals surface area contributed by atoms with Crippen LogP contribution in [0.3, 0.4) is 0 Å². The van der Waals surface area contributed by atoms with Gasteiger partial charge in [-0.05, 0) is 34.7 Å². The van der Waals surface area contributed by atoms with Crippen LogP contribution in [0.4, 0.5) is 0 Å². The molecule has 2 heterocycles. The van der Waals surface area contributed by atoms with Crippen LogP contribution in [0.25, 0.3) is 0 Å². The number of rotatable bonds is 9. The first kappa shape index (κ1) is 21.0. The van der Waals surface area contributed by atoms with Crippen LogP contribution in [-0.4, -0.2) is 51.4 Å². The van der Waals surface area contributed by atoms with Gasteiger partial charge < -0.3 is 19.9 Å². The van der Waals surface area contributed by atoms with Gasteiger partial charge >= 0.3 is 11.8 Å². The van der Waals surface area contributed by atoms with Gasteiger partial charge in [0.25, 0.3) is 5.91 Å². The molecule has 0 saturated heterocycles. The van der Waals surface area contributed by atoms with Crippen LogP contribution in [0, 0.1) is 3.57 Å². The molecule has 3 aromatic rings. The van der Waals surface area contributed by atoms with Gasteiger partial charge in [-0.3, -0.25) is 14.3 Å². The second kappa shape index (κ2) is 10.2. The summed E-state index contributed by atoms with van der Waals surface area (Å²) in [6.45, 7) is 0.507. The Morgan fingerprint density at radius 3 is 2.79 bits per heavy atom. The third-order valence-electron chi connectivity index (χ3n) is 3.50. The molecule has 0 unspecified atom stereocenters. The molecule has 2 amide bonds. The van der Waals surface area contributed by atoms with Crippen LogP contribution in [0.5, 0.6) is 5.75 Å². The van der Waals surface area contributed by atoms with E-state index in [2.05, 4.69) is 48.5 Å². The maximum absolute atomic E-state index is 12.0. The van der Waals surface area contributed by atoms with E-state index in [0.29, 0.717) is 23.1 Å². The standard InChI is InChI=1S/C17H16ClIN6O4/c18-12-3-1-2-4-13(12)28-10-15(26)20-5-6-21-16(27)17-23-14(24-29-17)9-25-8-11(19)7-22-25/h1-4,7-8H,5-6,9-10H2,(H,20,26)(H,21,27). The number of hydrogen-bond donors (Lipinski definition) is 2. The number of para-hydroxylation sites is 1. The molecule has 0 radical (unpaired) electrons. The highest BCUT2D eigenvalue weighted by Crippen LogP contribution is 2.22. The van der Waals surface area contributed by atoms with Gasteiger partial charge in [-0.1, -0.05) is 28.9 Å². The summed E-state index contributed by atoms with van der Waals surface area (Å²) in [5, 5.41) is 13.5. The summed E-state index contributed by atoms with van der Waals surface area (Å²) in [6.07, 6.45) is 3.51. The summed E-state index contributed by atoms with van der Waals surface area (Å²) in [6, 6.07) is 6.86. The van der Waals surface area contributed by atoms with Gasteiger partial charge in [0.1, 0.15) is 12.3 Å². The van der Waals surface area contributed by atoms with Crippen molar-refractivity contribution in [1.29, 1.82) is 0 Å². The Labute approximate surface area is 184 Å². The molecule has 29 heavy (non-hydrogen) atoms. The molecule has 152 valence electrons. The van der Waals surface area contributed by atoms with E-state index in [4.69, 9.17) is 20.9 Å². The summed E-state index contributed by atoms with van der Waals surface area (Å²) in [4.78, 5) is 27.8. The highest BCUT2D eigenvalue weighted by Gasteiger charge is 2.15. The fraction of sp³-hybridized carbons (Fsp3) is 0.235. The highest BCUT2D eigenvalue weighted by molar-refractivity contribution is 14.1. The van der Waals surface area contributed by atoms with E-state index in [9.17, 15) is 9.59 Å². The fourth-order valence-electron chi connectivity index (χ4n) is 2.19. The Morgan fingerprint density at radius 1 is 1.24 bits per heavy atom. The van der Waals surface area contributed by atoms with Crippen LogP contribution >= 0.6 is 34.2 Å². The topological polar surface area (TPSA) is 124 Å². The first-order chi connectivity index (χ1) is 14.0. The van der Waals surface area contributed by atoms with Crippen LogP contribution in [0.15, 0.2) is 41.2 Å². The number of halogens is 2. The number of nitrogens with one attached hydrogen (secondary N) is 2. The molecule has 10 nitrogen and oxygen atoms in total. The zero-order valence-corrected chi connectivity index (χ0v) is 17.9. The van der Waals surface area contributed by atoms with Crippen molar-refractivity contribution in [2.75, 3.05) is 19.7 Å². The monoisotopic (exact) mass is 530 g/mol. The summed E-state index contributed by atoms with van der Waals surface area (Å²) >= 11 is 8.08. The average molecular weight is 531 g/mol. The summed E-state index contributed by atoms with van der Waals surface area (Å²) < 4.78 is 12.9. The SMILES string of the molecule is O=C(COc1ccccc1Cl)NCCNC(=O)c1nc(Cn2cc(I)cn2)no1. The van der Waals surface area contributed by atoms with Gasteiger partial charge in [0.15, 0.2) is 12.4 Å². The number of hydrogen-bond acceptors (Lipinski definition) is 7. The van der Waals surface area contributed by atoms with E-state index in [1.165, 1.54) is 0 Å². The molecule has 1 aromatic carbocycles. The third kappa shape index (κ3) is 6.42. The summed E-state index contributed by atoms with van der Waals surface area (Å²) in [5.74, 6) is -0.266. The number of carbonyl (C=O) groups is 2. The third-order valence-corrected chi connectivity index (χ3v) is 4.36. The maximum Gasteiger partial charge on any atom is 0.316 e. The number of amides is 2. The molecule has 0 aliphatic rings. The number of benzene rings is 1. The predicted octanol–water partition coefficient (Wildman–Crippen LogP) is 1.50. The minimum atomic E-state index is -0.527. The molecule has 0 aliphatic heterocycles. The lowest BCUT2D eigenvalue weighted by atomic mass is 10.3. The normalized spacial score (nSPS) is 10.6. The second-order valence-electron chi connectivity index (χ2n) is 5.70. The van der Waals surface area contributed by atoms with Crippen molar-refractivity contribution in [1.82, 2.24) is 30.6 Å². The van der Waals surface area contributed by atoms with Gasteiger partial charge in [0.05, 0.1) is 14.8 Å². The highest BCUT2D eigenvalue weighted by atomic mass is 127. The molecular formula is C17H16ClIN6O4. The Kier molecular flexibility index (Phi) is 7.41. The van der Waals surface area contributed by atoms with Gasteiger partial charge in [-0.2, -0.15) is 10.1 Å². The second-order valence-corrected chi connectivity index (χ2v) is 7.35. The molecule has 0 saturated carbocycles. The van der Waals surface area contributed by atoms with Crippen molar-refractivity contribution >= 4 is 46.0 Å². The molecule has 3 rings (SSSR count). The number of aromatic nitrogens is 4. The van der Waals surface area contributed by atoms with Gasteiger partial charge in [0.2, 0.25) is 0 Å². The van der Waals surface area contributed by atoms with Gasteiger partial charge in [-0.25, -0.2) is 0 Å². The zero-order chi connectivity index (χ0) is 20.6. The number of carbonyl (C=O) groups excluding carboxylic acids is 2. The largest absolute Gasteiger partial charge is 0.482 e. The molecule has 0 atom stereocenters. The summed E-state index contributed by atoms with van der Waals surface area (Å²) in [5.41, 5.74) is 0. The van der Waals surface area contributed by atoms with Crippen LogP contribution < -0.4 is 15.4 Å². The van der Waals surface area contributed by atoms with E-state index in [1.807, 2.05) is 6.20 Å².